The summed E-state index contributed by atoms with van der Waals surface area (Å²) in [6, 6.07) is 11.5. The van der Waals surface area contributed by atoms with Crippen molar-refractivity contribution in [3.63, 3.8) is 0 Å². The third-order valence-corrected chi connectivity index (χ3v) is 3.77. The lowest BCUT2D eigenvalue weighted by Gasteiger charge is -2.15. The highest BCUT2D eigenvalue weighted by molar-refractivity contribution is 6.34. The quantitative estimate of drug-likeness (QED) is 0.740. The van der Waals surface area contributed by atoms with Crippen LogP contribution in [-0.2, 0) is 9.53 Å². The molecule has 0 fully saturated rings. The Morgan fingerprint density at radius 1 is 1.15 bits per heavy atom. The molecule has 0 saturated heterocycles. The van der Waals surface area contributed by atoms with Crippen LogP contribution in [0.15, 0.2) is 42.5 Å². The maximum Gasteiger partial charge on any atom is 0.339 e. The number of benzene rings is 2. The molecule has 0 spiro atoms. The fourth-order valence-corrected chi connectivity index (χ4v) is 2.40. The summed E-state index contributed by atoms with van der Waals surface area (Å²) < 4.78 is 15.6. The maximum atomic E-state index is 12.3. The number of hydrogen-bond acceptors (Lipinski definition) is 5. The Labute approximate surface area is 157 Å². The molecule has 1 amide bonds. The van der Waals surface area contributed by atoms with Crippen molar-refractivity contribution < 1.29 is 23.8 Å². The summed E-state index contributed by atoms with van der Waals surface area (Å²) in [4.78, 5) is 24.0. The summed E-state index contributed by atoms with van der Waals surface area (Å²) >= 11 is 6.09. The highest BCUT2D eigenvalue weighted by atomic mass is 35.5. The van der Waals surface area contributed by atoms with Gasteiger partial charge in [-0.2, -0.15) is 0 Å². The fraction of sp³-hybridized carbons (Fsp3) is 0.263. The molecule has 0 radical (unpaired) electrons. The molecule has 0 aromatic heterocycles. The second-order valence-electron chi connectivity index (χ2n) is 5.34. The second kappa shape index (κ2) is 9.10. The summed E-state index contributed by atoms with van der Waals surface area (Å²) in [6.45, 7) is 3.60. The van der Waals surface area contributed by atoms with E-state index in [1.165, 1.54) is 12.1 Å². The van der Waals surface area contributed by atoms with Crippen LogP contribution in [0, 0.1) is 0 Å². The zero-order valence-electron chi connectivity index (χ0n) is 14.7. The summed E-state index contributed by atoms with van der Waals surface area (Å²) in [6.07, 6.45) is -0.745. The molecule has 26 heavy (non-hydrogen) atoms. The summed E-state index contributed by atoms with van der Waals surface area (Å²) in [5.41, 5.74) is 0.696. The maximum absolute atomic E-state index is 12.3. The Kier molecular flexibility index (Phi) is 6.86. The first-order valence-electron chi connectivity index (χ1n) is 8.02. The zero-order valence-corrected chi connectivity index (χ0v) is 15.5. The number of carbonyl (C=O) groups excluding carboxylic acids is 2. The van der Waals surface area contributed by atoms with E-state index in [0.29, 0.717) is 17.2 Å². The first-order valence-corrected chi connectivity index (χ1v) is 8.40. The summed E-state index contributed by atoms with van der Waals surface area (Å²) in [5.74, 6) is 0.289. The Balaban J connectivity index is 2.02. The highest BCUT2D eigenvalue weighted by Gasteiger charge is 2.17. The van der Waals surface area contributed by atoms with E-state index in [4.69, 9.17) is 25.8 Å². The van der Waals surface area contributed by atoms with Crippen molar-refractivity contribution >= 4 is 29.2 Å². The van der Waals surface area contributed by atoms with E-state index in [1.54, 1.807) is 51.3 Å². The second-order valence-corrected chi connectivity index (χ2v) is 5.75. The number of methoxy groups -OCH3 is 1. The van der Waals surface area contributed by atoms with Gasteiger partial charge in [-0.05, 0) is 44.2 Å². The highest BCUT2D eigenvalue weighted by Crippen LogP contribution is 2.23. The van der Waals surface area contributed by atoms with Crippen LogP contribution in [-0.4, -0.2) is 31.7 Å². The molecule has 2 aromatic rings. The molecule has 2 aromatic carbocycles. The molecule has 0 aliphatic heterocycles. The number of esters is 1. The van der Waals surface area contributed by atoms with E-state index in [2.05, 4.69) is 5.32 Å². The van der Waals surface area contributed by atoms with Gasteiger partial charge in [0.15, 0.2) is 6.10 Å². The average molecular weight is 378 g/mol. The van der Waals surface area contributed by atoms with Gasteiger partial charge in [-0.25, -0.2) is 4.79 Å². The van der Waals surface area contributed by atoms with Crippen molar-refractivity contribution in [1.29, 1.82) is 0 Å². The van der Waals surface area contributed by atoms with Crippen LogP contribution < -0.4 is 14.8 Å². The minimum absolute atomic E-state index is 0.197. The molecule has 6 nitrogen and oxygen atoms in total. The van der Waals surface area contributed by atoms with Crippen molar-refractivity contribution in [2.45, 2.75) is 20.0 Å². The molecule has 0 saturated carbocycles. The molecule has 138 valence electrons. The largest absolute Gasteiger partial charge is 0.497 e. The Hall–Kier alpha value is -2.73. The number of hydrogen-bond donors (Lipinski definition) is 1. The Bertz CT molecular complexity index is 793. The SMILES string of the molecule is CCOC(=O)c1ccc(NC(=O)[C@@H](C)Oc2cccc(OC)c2)cc1Cl. The third kappa shape index (κ3) is 5.13. The van der Waals surface area contributed by atoms with Gasteiger partial charge in [0, 0.05) is 11.8 Å². The van der Waals surface area contributed by atoms with Gasteiger partial charge in [0.05, 0.1) is 24.3 Å². The van der Waals surface area contributed by atoms with E-state index in [9.17, 15) is 9.59 Å². The predicted octanol–water partition coefficient (Wildman–Crippen LogP) is 3.93. The number of ether oxygens (including phenoxy) is 3. The van der Waals surface area contributed by atoms with Crippen molar-refractivity contribution in [1.82, 2.24) is 0 Å². The third-order valence-electron chi connectivity index (χ3n) is 3.46. The minimum Gasteiger partial charge on any atom is -0.497 e. The molecule has 1 N–H and O–H groups in total. The number of rotatable bonds is 7. The molecule has 2 rings (SSSR count). The molecular weight excluding hydrogens is 358 g/mol. The first-order chi connectivity index (χ1) is 12.4. The van der Waals surface area contributed by atoms with E-state index in [1.807, 2.05) is 0 Å². The van der Waals surface area contributed by atoms with Gasteiger partial charge in [0.25, 0.3) is 5.91 Å². The van der Waals surface area contributed by atoms with Crippen LogP contribution in [0.5, 0.6) is 11.5 Å². The van der Waals surface area contributed by atoms with Crippen molar-refractivity contribution in [2.24, 2.45) is 0 Å². The van der Waals surface area contributed by atoms with Crippen LogP contribution in [0.25, 0.3) is 0 Å². The lowest BCUT2D eigenvalue weighted by atomic mass is 10.2. The molecule has 0 heterocycles. The van der Waals surface area contributed by atoms with Gasteiger partial charge in [0.1, 0.15) is 11.5 Å². The van der Waals surface area contributed by atoms with Crippen molar-refractivity contribution in [3.05, 3.63) is 53.1 Å². The lowest BCUT2D eigenvalue weighted by Crippen LogP contribution is -2.30. The summed E-state index contributed by atoms with van der Waals surface area (Å²) in [7, 11) is 1.55. The van der Waals surface area contributed by atoms with Gasteiger partial charge in [0.2, 0.25) is 0 Å². The van der Waals surface area contributed by atoms with Gasteiger partial charge in [-0.1, -0.05) is 17.7 Å². The lowest BCUT2D eigenvalue weighted by molar-refractivity contribution is -0.122. The normalized spacial score (nSPS) is 11.4. The molecule has 0 bridgehead atoms. The monoisotopic (exact) mass is 377 g/mol. The van der Waals surface area contributed by atoms with Crippen molar-refractivity contribution in [2.75, 3.05) is 19.0 Å². The molecule has 0 unspecified atom stereocenters. The van der Waals surface area contributed by atoms with Crippen LogP contribution in [0.4, 0.5) is 5.69 Å². The molecule has 0 aliphatic rings. The smallest absolute Gasteiger partial charge is 0.339 e. The summed E-state index contributed by atoms with van der Waals surface area (Å²) in [5, 5.41) is 2.89. The van der Waals surface area contributed by atoms with Crippen LogP contribution in [0.1, 0.15) is 24.2 Å². The standard InChI is InChI=1S/C19H20ClNO5/c1-4-25-19(23)16-9-8-13(10-17(16)20)21-18(22)12(2)26-15-7-5-6-14(11-15)24-3/h5-12H,4H2,1-3H3,(H,21,22)/t12-/m1/s1. The Morgan fingerprint density at radius 2 is 1.88 bits per heavy atom. The number of nitrogens with one attached hydrogen (secondary N) is 1. The predicted molar refractivity (Wildman–Crippen MR) is 99.1 cm³/mol. The van der Waals surface area contributed by atoms with Crippen LogP contribution >= 0.6 is 11.6 Å². The number of carbonyl (C=O) groups is 2. The van der Waals surface area contributed by atoms with Crippen LogP contribution in [0.3, 0.4) is 0 Å². The molecule has 0 aliphatic carbocycles. The van der Waals surface area contributed by atoms with Crippen molar-refractivity contribution in [3.8, 4) is 11.5 Å². The van der Waals surface area contributed by atoms with E-state index in [-0.39, 0.29) is 23.1 Å². The zero-order chi connectivity index (χ0) is 19.1. The fourth-order valence-electron chi connectivity index (χ4n) is 2.14. The number of amides is 1. The van der Waals surface area contributed by atoms with E-state index >= 15 is 0 Å². The first kappa shape index (κ1) is 19.6. The average Bonchev–Trinajstić information content (AvgIpc) is 2.62. The molecule has 1 atom stereocenters. The van der Waals surface area contributed by atoms with E-state index in [0.717, 1.165) is 0 Å². The van der Waals surface area contributed by atoms with Gasteiger partial charge in [-0.3, -0.25) is 4.79 Å². The van der Waals surface area contributed by atoms with E-state index < -0.39 is 12.1 Å². The van der Waals surface area contributed by atoms with Crippen LogP contribution in [0.2, 0.25) is 5.02 Å². The molecular formula is C19H20ClNO5. The topological polar surface area (TPSA) is 73.9 Å². The Morgan fingerprint density at radius 3 is 2.54 bits per heavy atom. The van der Waals surface area contributed by atoms with Gasteiger partial charge >= 0.3 is 5.97 Å². The number of anilines is 1. The van der Waals surface area contributed by atoms with Gasteiger partial charge in [-0.15, -0.1) is 0 Å². The number of halogens is 1. The minimum atomic E-state index is -0.745. The van der Waals surface area contributed by atoms with Gasteiger partial charge < -0.3 is 19.5 Å². The molecule has 7 heteroatoms.